The maximum absolute atomic E-state index is 14.1. The average molecular weight is 605 g/mol. The first-order valence-electron chi connectivity index (χ1n) is 13.2. The third-order valence-electron chi connectivity index (χ3n) is 6.64. The maximum Gasteiger partial charge on any atom is 0.264 e. The molecule has 214 valence electrons. The van der Waals surface area contributed by atoms with Crippen molar-refractivity contribution in [1.29, 1.82) is 0 Å². The van der Waals surface area contributed by atoms with Gasteiger partial charge in [0.1, 0.15) is 12.6 Å². The molecule has 0 spiro atoms. The Morgan fingerprint density at radius 1 is 0.900 bits per heavy atom. The van der Waals surface area contributed by atoms with Crippen LogP contribution in [0.15, 0.2) is 77.7 Å². The van der Waals surface area contributed by atoms with Crippen LogP contribution in [-0.2, 0) is 26.2 Å². The summed E-state index contributed by atoms with van der Waals surface area (Å²) in [6, 6.07) is 18.8. The van der Waals surface area contributed by atoms with Gasteiger partial charge in [-0.15, -0.1) is 0 Å². The first-order chi connectivity index (χ1) is 19.0. The summed E-state index contributed by atoms with van der Waals surface area (Å²) in [5.41, 5.74) is 2.11. The number of nitrogens with zero attached hydrogens (tertiary/aromatic N) is 2. The fourth-order valence-electron chi connectivity index (χ4n) is 4.14. The molecule has 2 amide bonds. The van der Waals surface area contributed by atoms with Crippen LogP contribution in [0.2, 0.25) is 10.0 Å². The molecule has 0 aliphatic rings. The van der Waals surface area contributed by atoms with Crippen LogP contribution >= 0.6 is 23.2 Å². The molecule has 2 atom stereocenters. The van der Waals surface area contributed by atoms with Crippen LogP contribution in [0.25, 0.3) is 0 Å². The van der Waals surface area contributed by atoms with Crippen molar-refractivity contribution in [2.24, 2.45) is 0 Å². The Morgan fingerprint density at radius 2 is 1.55 bits per heavy atom. The van der Waals surface area contributed by atoms with Gasteiger partial charge in [0.15, 0.2) is 0 Å². The third-order valence-corrected chi connectivity index (χ3v) is 8.91. The van der Waals surface area contributed by atoms with Crippen molar-refractivity contribution in [3.8, 4) is 0 Å². The predicted molar refractivity (Wildman–Crippen MR) is 161 cm³/mol. The Balaban J connectivity index is 2.05. The van der Waals surface area contributed by atoms with Crippen molar-refractivity contribution in [2.45, 2.75) is 64.1 Å². The highest BCUT2D eigenvalue weighted by Crippen LogP contribution is 2.27. The van der Waals surface area contributed by atoms with Gasteiger partial charge < -0.3 is 10.2 Å². The number of carbonyl (C=O) groups excluding carboxylic acids is 2. The van der Waals surface area contributed by atoms with Crippen molar-refractivity contribution in [2.75, 3.05) is 10.8 Å². The molecule has 0 heterocycles. The summed E-state index contributed by atoms with van der Waals surface area (Å²) in [6.07, 6.45) is 1.08. The molecule has 3 rings (SSSR count). The standard InChI is InChI=1S/C30H35Cl2N3O4S/c1-5-22(4)33-30(37)28(6-2)34(19-23-12-10-21(3)11-13-23)29(36)20-35(26-9-7-8-25(32)18-26)40(38,39)27-16-14-24(31)15-17-27/h7-18,22,28H,5-6,19-20H2,1-4H3,(H,33,37)/t22-,28-/m0/s1. The molecule has 0 aliphatic carbocycles. The molecular weight excluding hydrogens is 569 g/mol. The minimum Gasteiger partial charge on any atom is -0.352 e. The second-order valence-electron chi connectivity index (χ2n) is 9.69. The van der Waals surface area contributed by atoms with Gasteiger partial charge in [0.25, 0.3) is 10.0 Å². The molecule has 1 N–H and O–H groups in total. The van der Waals surface area contributed by atoms with Gasteiger partial charge in [-0.05, 0) is 74.7 Å². The van der Waals surface area contributed by atoms with Crippen molar-refractivity contribution in [1.82, 2.24) is 10.2 Å². The normalized spacial score (nSPS) is 12.8. The largest absolute Gasteiger partial charge is 0.352 e. The van der Waals surface area contributed by atoms with Crippen LogP contribution in [0.5, 0.6) is 0 Å². The lowest BCUT2D eigenvalue weighted by Gasteiger charge is -2.33. The van der Waals surface area contributed by atoms with Crippen molar-refractivity contribution in [3.05, 3.63) is 94.0 Å². The number of halogens is 2. The van der Waals surface area contributed by atoms with E-state index in [1.807, 2.05) is 52.0 Å². The van der Waals surface area contributed by atoms with Gasteiger partial charge in [0, 0.05) is 22.6 Å². The summed E-state index contributed by atoms with van der Waals surface area (Å²) >= 11 is 12.2. The lowest BCUT2D eigenvalue weighted by Crippen LogP contribution is -2.53. The second kappa shape index (κ2) is 14.0. The topological polar surface area (TPSA) is 86.8 Å². The lowest BCUT2D eigenvalue weighted by atomic mass is 10.1. The van der Waals surface area contributed by atoms with E-state index in [-0.39, 0.29) is 29.1 Å². The van der Waals surface area contributed by atoms with Gasteiger partial charge in [-0.1, -0.05) is 72.9 Å². The van der Waals surface area contributed by atoms with E-state index in [0.717, 1.165) is 21.9 Å². The van der Waals surface area contributed by atoms with Gasteiger partial charge in [0.2, 0.25) is 11.8 Å². The van der Waals surface area contributed by atoms with Crippen molar-refractivity contribution >= 4 is 50.7 Å². The first-order valence-corrected chi connectivity index (χ1v) is 15.3. The monoisotopic (exact) mass is 603 g/mol. The Bertz CT molecular complexity index is 1410. The van der Waals surface area contributed by atoms with E-state index in [1.165, 1.54) is 35.2 Å². The molecule has 0 radical (unpaired) electrons. The average Bonchev–Trinajstić information content (AvgIpc) is 2.92. The Morgan fingerprint density at radius 3 is 2.12 bits per heavy atom. The number of amides is 2. The lowest BCUT2D eigenvalue weighted by molar-refractivity contribution is -0.140. The highest BCUT2D eigenvalue weighted by molar-refractivity contribution is 7.92. The molecule has 3 aromatic rings. The molecule has 0 fully saturated rings. The number of carbonyl (C=O) groups is 2. The fourth-order valence-corrected chi connectivity index (χ4v) is 5.86. The summed E-state index contributed by atoms with van der Waals surface area (Å²) in [5, 5.41) is 3.67. The van der Waals surface area contributed by atoms with E-state index in [0.29, 0.717) is 16.5 Å². The molecule has 40 heavy (non-hydrogen) atoms. The zero-order valence-electron chi connectivity index (χ0n) is 23.1. The molecule has 0 bridgehead atoms. The molecule has 0 aromatic heterocycles. The van der Waals surface area contributed by atoms with Gasteiger partial charge in [-0.3, -0.25) is 13.9 Å². The van der Waals surface area contributed by atoms with E-state index in [1.54, 1.807) is 18.2 Å². The van der Waals surface area contributed by atoms with Crippen LogP contribution in [-0.4, -0.2) is 43.8 Å². The third kappa shape index (κ3) is 7.99. The predicted octanol–water partition coefficient (Wildman–Crippen LogP) is 6.22. The SMILES string of the molecule is CC[C@H](C)NC(=O)[C@H](CC)N(Cc1ccc(C)cc1)C(=O)CN(c1cccc(Cl)c1)S(=O)(=O)c1ccc(Cl)cc1. The summed E-state index contributed by atoms with van der Waals surface area (Å²) in [7, 11) is -4.20. The maximum atomic E-state index is 14.1. The van der Waals surface area contributed by atoms with Crippen molar-refractivity contribution < 1.29 is 18.0 Å². The number of sulfonamides is 1. The van der Waals surface area contributed by atoms with Crippen LogP contribution in [0.3, 0.4) is 0 Å². The molecule has 0 saturated heterocycles. The van der Waals surface area contributed by atoms with E-state index < -0.39 is 28.5 Å². The minimum absolute atomic E-state index is 0.0312. The van der Waals surface area contributed by atoms with Crippen LogP contribution in [0, 0.1) is 6.92 Å². The molecule has 0 saturated carbocycles. The number of nitrogens with one attached hydrogen (secondary N) is 1. The molecule has 10 heteroatoms. The quantitative estimate of drug-likeness (QED) is 0.266. The Labute approximate surface area is 247 Å². The van der Waals surface area contributed by atoms with Crippen molar-refractivity contribution in [3.63, 3.8) is 0 Å². The second-order valence-corrected chi connectivity index (χ2v) is 12.4. The van der Waals surface area contributed by atoms with E-state index in [2.05, 4.69) is 5.32 Å². The van der Waals surface area contributed by atoms with E-state index in [9.17, 15) is 18.0 Å². The number of aryl methyl sites for hydroxylation is 1. The first kappa shape index (κ1) is 31.5. The molecule has 0 aliphatic heterocycles. The number of hydrogen-bond donors (Lipinski definition) is 1. The molecular formula is C30H35Cl2N3O4S. The van der Waals surface area contributed by atoms with Crippen LogP contribution in [0.1, 0.15) is 44.7 Å². The molecule has 0 unspecified atom stereocenters. The zero-order chi connectivity index (χ0) is 29.4. The highest BCUT2D eigenvalue weighted by atomic mass is 35.5. The fraction of sp³-hybridized carbons (Fsp3) is 0.333. The highest BCUT2D eigenvalue weighted by Gasteiger charge is 2.34. The summed E-state index contributed by atoms with van der Waals surface area (Å²) < 4.78 is 28.7. The summed E-state index contributed by atoms with van der Waals surface area (Å²) in [6.45, 7) is 7.25. The van der Waals surface area contributed by atoms with Gasteiger partial charge in [-0.2, -0.15) is 0 Å². The van der Waals surface area contributed by atoms with E-state index in [4.69, 9.17) is 23.2 Å². The zero-order valence-corrected chi connectivity index (χ0v) is 25.4. The Hall–Kier alpha value is -3.07. The smallest absolute Gasteiger partial charge is 0.264 e. The number of benzene rings is 3. The number of hydrogen-bond acceptors (Lipinski definition) is 4. The Kier molecular flexibility index (Phi) is 11.0. The minimum atomic E-state index is -4.20. The molecule has 7 nitrogen and oxygen atoms in total. The summed E-state index contributed by atoms with van der Waals surface area (Å²) in [5.74, 6) is -0.809. The van der Waals surface area contributed by atoms with Crippen LogP contribution < -0.4 is 9.62 Å². The van der Waals surface area contributed by atoms with E-state index >= 15 is 0 Å². The van der Waals surface area contributed by atoms with Gasteiger partial charge in [-0.25, -0.2) is 8.42 Å². The molecule has 3 aromatic carbocycles. The van der Waals surface area contributed by atoms with Gasteiger partial charge in [0.05, 0.1) is 10.6 Å². The summed E-state index contributed by atoms with van der Waals surface area (Å²) in [4.78, 5) is 28.8. The number of rotatable bonds is 12. The number of anilines is 1. The van der Waals surface area contributed by atoms with Crippen LogP contribution in [0.4, 0.5) is 5.69 Å². The van der Waals surface area contributed by atoms with Gasteiger partial charge >= 0.3 is 0 Å².